The molecule has 0 saturated heterocycles. The number of hydrogen-bond donors (Lipinski definition) is 0. The van der Waals surface area contributed by atoms with Gasteiger partial charge in [-0.1, -0.05) is 48.5 Å². The van der Waals surface area contributed by atoms with Gasteiger partial charge in [0.25, 0.3) is 0 Å². The quantitative estimate of drug-likeness (QED) is 0.159. The molecule has 0 saturated carbocycles. The molecule has 0 amide bonds. The van der Waals surface area contributed by atoms with Crippen LogP contribution in [0.1, 0.15) is 28.8 Å². The molecular weight excluding hydrogens is 439 g/mol. The SMILES string of the molecule is N#Cc1c(-c2ccc(F)cc2)cc(-c2cccs2)nc1SCCCC(=O)c1ccccc1. The van der Waals surface area contributed by atoms with E-state index in [2.05, 4.69) is 6.07 Å². The number of ketones is 1. The molecular formula is C26H19FN2OS2. The number of pyridine rings is 1. The van der Waals surface area contributed by atoms with Gasteiger partial charge in [-0.2, -0.15) is 5.26 Å². The maximum absolute atomic E-state index is 13.5. The van der Waals surface area contributed by atoms with E-state index in [-0.39, 0.29) is 11.6 Å². The van der Waals surface area contributed by atoms with Crippen molar-refractivity contribution in [2.75, 3.05) is 5.75 Å². The monoisotopic (exact) mass is 458 g/mol. The molecule has 0 N–H and O–H groups in total. The minimum atomic E-state index is -0.322. The lowest BCUT2D eigenvalue weighted by molar-refractivity contribution is 0.0982. The number of thioether (sulfide) groups is 1. The van der Waals surface area contributed by atoms with Gasteiger partial charge in [-0.15, -0.1) is 23.1 Å². The van der Waals surface area contributed by atoms with E-state index in [0.717, 1.165) is 21.7 Å². The molecule has 4 aromatic rings. The van der Waals surface area contributed by atoms with Gasteiger partial charge in [0.1, 0.15) is 16.9 Å². The van der Waals surface area contributed by atoms with Crippen molar-refractivity contribution in [1.29, 1.82) is 5.26 Å². The highest BCUT2D eigenvalue weighted by Crippen LogP contribution is 2.35. The lowest BCUT2D eigenvalue weighted by atomic mass is 10.0. The van der Waals surface area contributed by atoms with Gasteiger partial charge in [0.2, 0.25) is 0 Å². The molecule has 2 aromatic carbocycles. The van der Waals surface area contributed by atoms with Crippen molar-refractivity contribution < 1.29 is 9.18 Å². The van der Waals surface area contributed by atoms with E-state index in [0.29, 0.717) is 34.7 Å². The molecule has 0 unspecified atom stereocenters. The highest BCUT2D eigenvalue weighted by molar-refractivity contribution is 7.99. The molecule has 0 aliphatic rings. The standard InChI is InChI=1S/C26H19FN2OS2/c27-20-12-10-18(11-13-20)21-16-23(25-9-5-14-31-25)29-26(22(21)17-28)32-15-4-8-24(30)19-6-2-1-3-7-19/h1-3,5-7,9-14,16H,4,8,15H2. The second kappa shape index (κ2) is 10.4. The third-order valence-corrected chi connectivity index (χ3v) is 6.86. The van der Waals surface area contributed by atoms with Crippen molar-refractivity contribution in [3.63, 3.8) is 0 Å². The Labute approximate surface area is 194 Å². The Kier molecular flexibility index (Phi) is 7.10. The molecule has 4 rings (SSSR count). The molecule has 3 nitrogen and oxygen atoms in total. The van der Waals surface area contributed by atoms with Crippen molar-refractivity contribution in [2.45, 2.75) is 17.9 Å². The second-order valence-electron chi connectivity index (χ2n) is 7.07. The van der Waals surface area contributed by atoms with E-state index < -0.39 is 0 Å². The molecule has 0 aliphatic heterocycles. The highest BCUT2D eigenvalue weighted by Gasteiger charge is 2.16. The number of rotatable bonds is 8. The Morgan fingerprint density at radius 2 is 1.84 bits per heavy atom. The molecule has 32 heavy (non-hydrogen) atoms. The normalized spacial score (nSPS) is 10.6. The van der Waals surface area contributed by atoms with Gasteiger partial charge >= 0.3 is 0 Å². The van der Waals surface area contributed by atoms with Gasteiger partial charge in [-0.25, -0.2) is 9.37 Å². The van der Waals surface area contributed by atoms with Gasteiger partial charge in [-0.05, 0) is 47.4 Å². The molecule has 0 radical (unpaired) electrons. The minimum absolute atomic E-state index is 0.110. The topological polar surface area (TPSA) is 53.8 Å². The van der Waals surface area contributed by atoms with Gasteiger partial charge in [0, 0.05) is 17.5 Å². The fourth-order valence-corrected chi connectivity index (χ4v) is 4.94. The molecule has 0 atom stereocenters. The van der Waals surface area contributed by atoms with E-state index in [1.54, 1.807) is 23.5 Å². The number of aromatic nitrogens is 1. The van der Waals surface area contributed by atoms with Crippen molar-refractivity contribution in [1.82, 2.24) is 4.98 Å². The second-order valence-corrected chi connectivity index (χ2v) is 9.10. The first-order valence-electron chi connectivity index (χ1n) is 10.1. The largest absolute Gasteiger partial charge is 0.294 e. The fourth-order valence-electron chi connectivity index (χ4n) is 3.31. The Morgan fingerprint density at radius 1 is 1.06 bits per heavy atom. The average Bonchev–Trinajstić information content (AvgIpc) is 3.37. The van der Waals surface area contributed by atoms with Crippen LogP contribution >= 0.6 is 23.1 Å². The zero-order valence-electron chi connectivity index (χ0n) is 17.1. The molecule has 2 heterocycles. The van der Waals surface area contributed by atoms with Gasteiger partial charge in [0.05, 0.1) is 16.1 Å². The van der Waals surface area contributed by atoms with Crippen LogP contribution < -0.4 is 0 Å². The van der Waals surface area contributed by atoms with E-state index in [9.17, 15) is 14.4 Å². The van der Waals surface area contributed by atoms with E-state index in [1.165, 1.54) is 23.9 Å². The van der Waals surface area contributed by atoms with E-state index in [1.807, 2.05) is 53.9 Å². The number of thiophene rings is 1. The van der Waals surface area contributed by atoms with Crippen LogP contribution in [-0.2, 0) is 0 Å². The first kappa shape index (κ1) is 21.9. The van der Waals surface area contributed by atoms with Gasteiger partial charge in [0.15, 0.2) is 5.78 Å². The lowest BCUT2D eigenvalue weighted by Gasteiger charge is -2.12. The van der Waals surface area contributed by atoms with Crippen LogP contribution in [0.15, 0.2) is 83.2 Å². The highest BCUT2D eigenvalue weighted by atomic mass is 32.2. The molecule has 0 fully saturated rings. The van der Waals surface area contributed by atoms with Crippen molar-refractivity contribution >= 4 is 28.9 Å². The summed E-state index contributed by atoms with van der Waals surface area (Å²) in [4.78, 5) is 18.1. The number of nitrogens with zero attached hydrogens (tertiary/aromatic N) is 2. The molecule has 2 aromatic heterocycles. The van der Waals surface area contributed by atoms with Gasteiger partial charge < -0.3 is 0 Å². The summed E-state index contributed by atoms with van der Waals surface area (Å²) in [5, 5.41) is 12.5. The third kappa shape index (κ3) is 5.13. The summed E-state index contributed by atoms with van der Waals surface area (Å²) >= 11 is 3.05. The number of Topliss-reactive ketones (excluding diaryl/α,β-unsaturated/α-hetero) is 1. The van der Waals surface area contributed by atoms with Crippen LogP contribution in [0.5, 0.6) is 0 Å². The molecule has 0 spiro atoms. The summed E-state index contributed by atoms with van der Waals surface area (Å²) in [6.07, 6.45) is 1.12. The Morgan fingerprint density at radius 3 is 2.53 bits per heavy atom. The predicted octanol–water partition coefficient (Wildman–Crippen LogP) is 7.24. The Hall–Kier alpha value is -3.27. The first-order chi connectivity index (χ1) is 15.7. The van der Waals surface area contributed by atoms with E-state index >= 15 is 0 Å². The summed E-state index contributed by atoms with van der Waals surface area (Å²) < 4.78 is 13.5. The van der Waals surface area contributed by atoms with Crippen molar-refractivity contribution in [3.05, 3.63) is 95.1 Å². The third-order valence-electron chi connectivity index (χ3n) is 4.91. The summed E-state index contributed by atoms with van der Waals surface area (Å²) in [5.74, 6) is 0.452. The number of halogens is 1. The van der Waals surface area contributed by atoms with Crippen LogP contribution in [0, 0.1) is 17.1 Å². The molecule has 158 valence electrons. The summed E-state index contributed by atoms with van der Waals surface area (Å²) in [7, 11) is 0. The van der Waals surface area contributed by atoms with Crippen molar-refractivity contribution in [2.24, 2.45) is 0 Å². The Bertz CT molecular complexity index is 1250. The zero-order chi connectivity index (χ0) is 22.3. The van der Waals surface area contributed by atoms with Crippen LogP contribution in [0.25, 0.3) is 21.7 Å². The maximum Gasteiger partial charge on any atom is 0.162 e. The smallest absolute Gasteiger partial charge is 0.162 e. The number of benzene rings is 2. The number of carbonyl (C=O) groups is 1. The number of nitriles is 1. The van der Waals surface area contributed by atoms with Crippen LogP contribution in [0.4, 0.5) is 4.39 Å². The zero-order valence-corrected chi connectivity index (χ0v) is 18.8. The molecule has 6 heteroatoms. The van der Waals surface area contributed by atoms with E-state index in [4.69, 9.17) is 4.98 Å². The Balaban J connectivity index is 1.58. The number of hydrogen-bond acceptors (Lipinski definition) is 5. The lowest BCUT2D eigenvalue weighted by Crippen LogP contribution is -2.00. The number of carbonyl (C=O) groups excluding carboxylic acids is 1. The van der Waals surface area contributed by atoms with Crippen molar-refractivity contribution in [3.8, 4) is 27.8 Å². The van der Waals surface area contributed by atoms with Crippen LogP contribution in [0.3, 0.4) is 0 Å². The predicted molar refractivity (Wildman–Crippen MR) is 128 cm³/mol. The maximum atomic E-state index is 13.5. The van der Waals surface area contributed by atoms with Crippen LogP contribution in [-0.4, -0.2) is 16.5 Å². The summed E-state index contributed by atoms with van der Waals surface area (Å²) in [6, 6.07) is 23.5. The minimum Gasteiger partial charge on any atom is -0.294 e. The summed E-state index contributed by atoms with van der Waals surface area (Å²) in [5.41, 5.74) is 3.46. The average molecular weight is 459 g/mol. The van der Waals surface area contributed by atoms with Crippen LogP contribution in [0.2, 0.25) is 0 Å². The summed E-state index contributed by atoms with van der Waals surface area (Å²) in [6.45, 7) is 0. The molecule has 0 aliphatic carbocycles. The molecule has 0 bridgehead atoms. The van der Waals surface area contributed by atoms with Gasteiger partial charge in [-0.3, -0.25) is 4.79 Å². The fraction of sp³-hybridized carbons (Fsp3) is 0.115. The first-order valence-corrected chi connectivity index (χ1v) is 12.0.